The highest BCUT2D eigenvalue weighted by Crippen LogP contribution is 2.57. The number of anilines is 1. The number of para-hydroxylation sites is 1. The minimum Gasteiger partial charge on any atom is -0.462 e. The van der Waals surface area contributed by atoms with Crippen LogP contribution in [0, 0.1) is 42.4 Å². The SMILES string of the molecule is CC[C@H]1CCC[C@H](OC2CC[C@H](N(C)C)C(C)O2)[C@@H](C)C(=O)C2=C[C@H]3[C@@H]4C[C@H](O[C@@H]5OC(C)[C@H](OC)C(OC)C5OC)C[C@H]4C[C@H](Nc4ccccc4C)[C@H]3[C@@H]2CC(=O)O1. The fourth-order valence-corrected chi connectivity index (χ4v) is 12.1. The molecule has 60 heavy (non-hydrogen) atoms. The summed E-state index contributed by atoms with van der Waals surface area (Å²) in [7, 11) is 9.20. The monoisotopic (exact) mass is 839 g/mol. The Balaban J connectivity index is 1.19. The molecule has 0 radical (unpaired) electrons. The molecule has 3 heterocycles. The van der Waals surface area contributed by atoms with Gasteiger partial charge in [0.05, 0.1) is 30.8 Å². The number of nitrogens with one attached hydrogen (secondary N) is 1. The Morgan fingerprint density at radius 2 is 1.60 bits per heavy atom. The van der Waals surface area contributed by atoms with Crippen LogP contribution in [0.4, 0.5) is 5.69 Å². The van der Waals surface area contributed by atoms with Crippen LogP contribution < -0.4 is 5.32 Å². The maximum absolute atomic E-state index is 15.2. The van der Waals surface area contributed by atoms with Gasteiger partial charge in [0.15, 0.2) is 18.4 Å². The van der Waals surface area contributed by atoms with Crippen LogP contribution in [-0.4, -0.2) is 126 Å². The minimum atomic E-state index is -0.620. The van der Waals surface area contributed by atoms with Gasteiger partial charge in [0.2, 0.25) is 0 Å². The number of ether oxygens (including phenoxy) is 8. The van der Waals surface area contributed by atoms with E-state index in [1.807, 2.05) is 13.8 Å². The molecule has 0 amide bonds. The van der Waals surface area contributed by atoms with Crippen LogP contribution in [0.5, 0.6) is 0 Å². The van der Waals surface area contributed by atoms with E-state index >= 15 is 4.79 Å². The lowest BCUT2D eigenvalue weighted by Crippen LogP contribution is -2.59. The Labute approximate surface area is 359 Å². The number of esters is 1. The topological polar surface area (TPSA) is 123 Å². The van der Waals surface area contributed by atoms with E-state index in [1.54, 1.807) is 21.3 Å². The summed E-state index contributed by atoms with van der Waals surface area (Å²) in [5, 5.41) is 3.98. The fraction of sp³-hybridized carbons (Fsp3) is 0.792. The third-order valence-electron chi connectivity index (χ3n) is 15.3. The number of hydrogen-bond acceptors (Lipinski definition) is 12. The zero-order valence-corrected chi connectivity index (χ0v) is 37.9. The summed E-state index contributed by atoms with van der Waals surface area (Å²) < 4.78 is 50.5. The number of allylic oxidation sites excluding steroid dienone is 2. The molecule has 12 heteroatoms. The van der Waals surface area contributed by atoms with Gasteiger partial charge < -0.3 is 48.1 Å². The summed E-state index contributed by atoms with van der Waals surface area (Å²) in [6.07, 6.45) is 6.84. The molecule has 12 nitrogen and oxygen atoms in total. The molecule has 3 aliphatic carbocycles. The van der Waals surface area contributed by atoms with Crippen molar-refractivity contribution in [2.24, 2.45) is 35.5 Å². The number of carbonyl (C=O) groups excluding carboxylic acids is 2. The van der Waals surface area contributed by atoms with E-state index in [4.69, 9.17) is 37.9 Å². The average molecular weight is 839 g/mol. The maximum Gasteiger partial charge on any atom is 0.306 e. The first kappa shape index (κ1) is 45.6. The van der Waals surface area contributed by atoms with Crippen LogP contribution in [0.15, 0.2) is 35.9 Å². The van der Waals surface area contributed by atoms with E-state index in [-0.39, 0.29) is 96.9 Å². The summed E-state index contributed by atoms with van der Waals surface area (Å²) in [6.45, 7) is 10.3. The molecule has 5 fully saturated rings. The number of ketones is 1. The Morgan fingerprint density at radius 3 is 2.28 bits per heavy atom. The highest BCUT2D eigenvalue weighted by molar-refractivity contribution is 5.99. The lowest BCUT2D eigenvalue weighted by molar-refractivity contribution is -0.314. The molecule has 336 valence electrons. The maximum atomic E-state index is 15.2. The van der Waals surface area contributed by atoms with Gasteiger partial charge in [-0.25, -0.2) is 0 Å². The van der Waals surface area contributed by atoms with Crippen LogP contribution in [0.25, 0.3) is 0 Å². The summed E-state index contributed by atoms with van der Waals surface area (Å²) in [4.78, 5) is 31.4. The second-order valence-electron chi connectivity index (χ2n) is 19.0. The normalized spacial score (nSPS) is 42.6. The largest absolute Gasteiger partial charge is 0.462 e. The van der Waals surface area contributed by atoms with Crippen LogP contribution in [-0.2, 0) is 47.5 Å². The van der Waals surface area contributed by atoms with Gasteiger partial charge in [-0.15, -0.1) is 0 Å². The predicted octanol–water partition coefficient (Wildman–Crippen LogP) is 7.11. The van der Waals surface area contributed by atoms with Crippen molar-refractivity contribution in [3.8, 4) is 0 Å². The van der Waals surface area contributed by atoms with Crippen LogP contribution in [0.1, 0.15) is 97.5 Å². The molecule has 1 N–H and O–H groups in total. The number of nitrogens with zero attached hydrogens (tertiary/aromatic N) is 1. The number of cyclic esters (lactones) is 1. The molecule has 18 atom stereocenters. The van der Waals surface area contributed by atoms with Gasteiger partial charge in [-0.2, -0.15) is 0 Å². The quantitative estimate of drug-likeness (QED) is 0.229. The number of Topliss-reactive ketones (excluding diaryl/α,β-unsaturated/α-hetero) is 1. The van der Waals surface area contributed by atoms with Crippen molar-refractivity contribution in [2.75, 3.05) is 40.7 Å². The van der Waals surface area contributed by atoms with Crippen molar-refractivity contribution >= 4 is 17.4 Å². The number of fused-ring (bicyclic) bond motifs is 5. The number of rotatable bonds is 11. The molecule has 3 saturated heterocycles. The molecule has 2 saturated carbocycles. The number of benzene rings is 1. The Kier molecular flexibility index (Phi) is 15.2. The molecule has 0 aromatic heterocycles. The van der Waals surface area contributed by atoms with Crippen molar-refractivity contribution in [3.05, 3.63) is 41.5 Å². The molecule has 1 aromatic rings. The van der Waals surface area contributed by atoms with Gasteiger partial charge in [-0.05, 0) is 134 Å². The van der Waals surface area contributed by atoms with Crippen molar-refractivity contribution in [2.45, 2.75) is 172 Å². The van der Waals surface area contributed by atoms with Gasteiger partial charge in [-0.1, -0.05) is 38.1 Å². The van der Waals surface area contributed by atoms with E-state index in [0.29, 0.717) is 18.4 Å². The highest BCUT2D eigenvalue weighted by atomic mass is 16.7. The lowest BCUT2D eigenvalue weighted by atomic mass is 9.63. The first-order valence-electron chi connectivity index (χ1n) is 23.0. The summed E-state index contributed by atoms with van der Waals surface area (Å²) in [5.41, 5.74) is 3.01. The summed E-state index contributed by atoms with van der Waals surface area (Å²) >= 11 is 0. The molecule has 0 bridgehead atoms. The summed E-state index contributed by atoms with van der Waals surface area (Å²) in [6, 6.07) is 8.73. The van der Waals surface area contributed by atoms with E-state index in [2.05, 4.69) is 75.4 Å². The second kappa shape index (κ2) is 20.0. The molecule has 0 spiro atoms. The Bertz CT molecular complexity index is 1640. The number of likely N-dealkylation sites (N-methyl/N-ethyl adjacent to an activating group) is 1. The van der Waals surface area contributed by atoms with Crippen molar-refractivity contribution in [3.63, 3.8) is 0 Å². The van der Waals surface area contributed by atoms with Gasteiger partial charge >= 0.3 is 5.97 Å². The standard InChI is InChI=1S/C48H74N2O10/c1-11-31-16-14-18-40(60-42-20-19-39(50(6)7)28(4)56-42)27(3)44(52)36-24-34-33-23-32(59-48-47(55-10)46(54-9)45(53-8)29(5)57-48)21-30(33)22-38(43(34)35(36)25-41(51)58-31)49-37-17-13-12-15-26(37)2/h12-13,15,17,24,27-35,38-40,42-43,45-49H,11,14,16,18-23,25H2,1-10H3/t27-,28?,29?,30+,31+,32-,33-,34+,35-,38+,39+,40+,42?,43-,45+,46?,47?,48+/m1/s1. The Morgan fingerprint density at radius 1 is 0.850 bits per heavy atom. The van der Waals surface area contributed by atoms with Crippen molar-refractivity contribution in [1.29, 1.82) is 0 Å². The fourth-order valence-electron chi connectivity index (χ4n) is 12.1. The van der Waals surface area contributed by atoms with Crippen LogP contribution >= 0.6 is 0 Å². The van der Waals surface area contributed by atoms with E-state index < -0.39 is 18.3 Å². The first-order valence-corrected chi connectivity index (χ1v) is 23.0. The van der Waals surface area contributed by atoms with E-state index in [1.165, 1.54) is 0 Å². The minimum absolute atomic E-state index is 0.00851. The number of carbonyl (C=O) groups is 2. The number of methoxy groups -OCH3 is 3. The predicted molar refractivity (Wildman–Crippen MR) is 228 cm³/mol. The first-order chi connectivity index (χ1) is 28.8. The molecular formula is C48H74N2O10. The van der Waals surface area contributed by atoms with Gasteiger partial charge in [0.1, 0.15) is 24.4 Å². The van der Waals surface area contributed by atoms with E-state index in [0.717, 1.165) is 68.2 Å². The Hall–Kier alpha value is -2.42. The zero-order chi connectivity index (χ0) is 42.8. The second-order valence-corrected chi connectivity index (χ2v) is 19.0. The van der Waals surface area contributed by atoms with E-state index in [9.17, 15) is 4.79 Å². The van der Waals surface area contributed by atoms with Gasteiger partial charge in [0, 0.05) is 50.9 Å². The molecule has 3 aliphatic heterocycles. The van der Waals surface area contributed by atoms with Crippen molar-refractivity contribution < 1.29 is 47.5 Å². The summed E-state index contributed by atoms with van der Waals surface area (Å²) in [5.74, 6) is -0.167. The molecule has 6 aliphatic rings. The molecular weight excluding hydrogens is 765 g/mol. The third kappa shape index (κ3) is 9.56. The van der Waals surface area contributed by atoms with Crippen molar-refractivity contribution in [1.82, 2.24) is 4.90 Å². The average Bonchev–Trinajstić information content (AvgIpc) is 3.80. The van der Waals surface area contributed by atoms with Crippen LogP contribution in [0.3, 0.4) is 0 Å². The van der Waals surface area contributed by atoms with Crippen LogP contribution in [0.2, 0.25) is 0 Å². The number of aryl methyl sites for hydroxylation is 1. The third-order valence-corrected chi connectivity index (χ3v) is 15.3. The van der Waals surface area contributed by atoms with Gasteiger partial charge in [-0.3, -0.25) is 9.59 Å². The number of hydrogen-bond donors (Lipinski definition) is 1. The molecule has 5 unspecified atom stereocenters. The zero-order valence-electron chi connectivity index (χ0n) is 37.9. The van der Waals surface area contributed by atoms with Gasteiger partial charge in [0.25, 0.3) is 0 Å². The smallest absolute Gasteiger partial charge is 0.306 e. The lowest BCUT2D eigenvalue weighted by Gasteiger charge is -2.45. The highest BCUT2D eigenvalue weighted by Gasteiger charge is 2.57. The molecule has 1 aromatic carbocycles. The molecule has 7 rings (SSSR count).